The van der Waals surface area contributed by atoms with Crippen LogP contribution in [0.5, 0.6) is 0 Å². The smallest absolute Gasteiger partial charge is 0.333 e. The molecule has 0 spiro atoms. The number of hydrogen-bond acceptors (Lipinski definition) is 4. The molecular weight excluding hydrogens is 234 g/mol. The van der Waals surface area contributed by atoms with Crippen molar-refractivity contribution in [2.75, 3.05) is 11.9 Å². The Morgan fingerprint density at radius 2 is 2.12 bits per heavy atom. The maximum atomic E-state index is 11.6. The third kappa shape index (κ3) is 2.64. The molecule has 0 amide bonds. The minimum Gasteiger partial charge on any atom is -0.460 e. The Bertz CT molecular complexity index is 468. The maximum Gasteiger partial charge on any atom is 0.333 e. The highest BCUT2D eigenvalue weighted by Crippen LogP contribution is 2.44. The molecule has 0 unspecified atom stereocenters. The molecule has 0 N–H and O–H groups in total. The lowest BCUT2D eigenvalue weighted by Gasteiger charge is -2.13. The number of fused-ring (bicyclic) bond motifs is 1. The second-order valence-electron chi connectivity index (χ2n) is 4.10. The van der Waals surface area contributed by atoms with E-state index in [0.29, 0.717) is 0 Å². The first-order valence-corrected chi connectivity index (χ1v) is 6.32. The van der Waals surface area contributed by atoms with Gasteiger partial charge in [0, 0.05) is 11.9 Å². The van der Waals surface area contributed by atoms with Gasteiger partial charge in [0.05, 0.1) is 22.9 Å². The van der Waals surface area contributed by atoms with Gasteiger partial charge in [-0.3, -0.25) is 0 Å². The molecule has 1 aliphatic rings. The second kappa shape index (κ2) is 4.84. The fraction of sp³-hybridized carbons (Fsp3) is 0.308. The Morgan fingerprint density at radius 1 is 1.41 bits per heavy atom. The third-order valence-corrected chi connectivity index (χ3v) is 3.53. The predicted molar refractivity (Wildman–Crippen MR) is 70.0 cm³/mol. The first-order chi connectivity index (χ1) is 8.08. The molecule has 17 heavy (non-hydrogen) atoms. The number of benzene rings is 1. The third-order valence-electron chi connectivity index (χ3n) is 2.36. The van der Waals surface area contributed by atoms with Crippen LogP contribution in [0.4, 0.5) is 5.69 Å². The molecule has 0 atom stereocenters. The summed E-state index contributed by atoms with van der Waals surface area (Å²) < 4.78 is 5.10. The predicted octanol–water partition coefficient (Wildman–Crippen LogP) is 3.02. The minimum atomic E-state index is -0.290. The molecule has 0 radical (unpaired) electrons. The van der Waals surface area contributed by atoms with E-state index in [4.69, 9.17) is 4.74 Å². The zero-order valence-corrected chi connectivity index (χ0v) is 11.0. The van der Waals surface area contributed by atoms with Gasteiger partial charge in [-0.1, -0.05) is 23.9 Å². The zero-order chi connectivity index (χ0) is 12.4. The van der Waals surface area contributed by atoms with Crippen LogP contribution in [0.2, 0.25) is 0 Å². The van der Waals surface area contributed by atoms with E-state index in [2.05, 4.69) is 0 Å². The molecule has 0 saturated heterocycles. The fourth-order valence-corrected chi connectivity index (χ4v) is 2.69. The van der Waals surface area contributed by atoms with Gasteiger partial charge in [0.15, 0.2) is 0 Å². The van der Waals surface area contributed by atoms with Crippen LogP contribution in [0.3, 0.4) is 0 Å². The summed E-state index contributed by atoms with van der Waals surface area (Å²) in [6.45, 7) is 3.69. The number of carbonyl (C=O) groups is 1. The quantitative estimate of drug-likeness (QED) is 0.595. The van der Waals surface area contributed by atoms with Crippen molar-refractivity contribution < 1.29 is 9.53 Å². The van der Waals surface area contributed by atoms with Crippen LogP contribution in [0.1, 0.15) is 13.8 Å². The van der Waals surface area contributed by atoms with E-state index >= 15 is 0 Å². The maximum absolute atomic E-state index is 11.6. The van der Waals surface area contributed by atoms with Crippen molar-refractivity contribution in [2.45, 2.75) is 24.8 Å². The summed E-state index contributed by atoms with van der Waals surface area (Å²) in [5, 5.41) is 0.900. The van der Waals surface area contributed by atoms with Crippen molar-refractivity contribution in [2.24, 2.45) is 0 Å². The van der Waals surface area contributed by atoms with Gasteiger partial charge in [-0.25, -0.2) is 4.79 Å². The number of ether oxygens (including phenoxy) is 1. The standard InChI is InChI=1S/C13H15NO2S/c1-9(2)16-13(15)8-12-14(3)10-6-4-5-7-11(10)17-12/h4-9H,1-3H3/b12-8+. The number of esters is 1. The normalized spacial score (nSPS) is 16.5. The van der Waals surface area contributed by atoms with Crippen LogP contribution in [0, 0.1) is 0 Å². The average Bonchev–Trinajstić information content (AvgIpc) is 2.55. The van der Waals surface area contributed by atoms with Crippen LogP contribution in [-0.4, -0.2) is 19.1 Å². The molecule has 0 aromatic heterocycles. The molecule has 0 saturated carbocycles. The second-order valence-corrected chi connectivity index (χ2v) is 5.16. The van der Waals surface area contributed by atoms with Crippen LogP contribution in [0.25, 0.3) is 0 Å². The molecular formula is C13H15NO2S. The van der Waals surface area contributed by atoms with Gasteiger partial charge in [-0.05, 0) is 26.0 Å². The van der Waals surface area contributed by atoms with Gasteiger partial charge in [0.2, 0.25) is 0 Å². The molecule has 1 aromatic rings. The van der Waals surface area contributed by atoms with E-state index in [-0.39, 0.29) is 12.1 Å². The summed E-state index contributed by atoms with van der Waals surface area (Å²) in [6, 6.07) is 8.07. The van der Waals surface area contributed by atoms with Crippen molar-refractivity contribution in [3.63, 3.8) is 0 Å². The van der Waals surface area contributed by atoms with Gasteiger partial charge in [-0.2, -0.15) is 0 Å². The lowest BCUT2D eigenvalue weighted by Crippen LogP contribution is -2.14. The first-order valence-electron chi connectivity index (χ1n) is 5.51. The van der Waals surface area contributed by atoms with E-state index in [9.17, 15) is 4.79 Å². The molecule has 2 rings (SSSR count). The number of nitrogens with zero attached hydrogens (tertiary/aromatic N) is 1. The Labute approximate surface area is 105 Å². The Kier molecular flexibility index (Phi) is 3.43. The topological polar surface area (TPSA) is 29.5 Å². The van der Waals surface area contributed by atoms with Crippen LogP contribution < -0.4 is 4.90 Å². The number of thioether (sulfide) groups is 1. The van der Waals surface area contributed by atoms with E-state index in [1.54, 1.807) is 17.8 Å². The number of para-hydroxylation sites is 1. The van der Waals surface area contributed by atoms with E-state index in [1.807, 2.05) is 50.1 Å². The summed E-state index contributed by atoms with van der Waals surface area (Å²) in [6.07, 6.45) is 1.46. The van der Waals surface area contributed by atoms with E-state index in [1.165, 1.54) is 4.90 Å². The zero-order valence-electron chi connectivity index (χ0n) is 10.1. The van der Waals surface area contributed by atoms with Crippen molar-refractivity contribution in [1.82, 2.24) is 0 Å². The summed E-state index contributed by atoms with van der Waals surface area (Å²) in [4.78, 5) is 14.7. The van der Waals surface area contributed by atoms with Crippen molar-refractivity contribution in [3.05, 3.63) is 35.4 Å². The molecule has 0 bridgehead atoms. The molecule has 0 aliphatic carbocycles. The number of anilines is 1. The molecule has 1 aliphatic heterocycles. The first kappa shape index (κ1) is 12.0. The van der Waals surface area contributed by atoms with Crippen LogP contribution in [0.15, 0.2) is 40.3 Å². The lowest BCUT2D eigenvalue weighted by molar-refractivity contribution is -0.141. The molecule has 0 fully saturated rings. The number of hydrogen-bond donors (Lipinski definition) is 0. The van der Waals surface area contributed by atoms with Crippen LogP contribution >= 0.6 is 11.8 Å². The minimum absolute atomic E-state index is 0.0848. The van der Waals surface area contributed by atoms with E-state index < -0.39 is 0 Å². The van der Waals surface area contributed by atoms with E-state index in [0.717, 1.165) is 10.7 Å². The Morgan fingerprint density at radius 3 is 2.76 bits per heavy atom. The summed E-state index contributed by atoms with van der Waals surface area (Å²) >= 11 is 1.59. The van der Waals surface area contributed by atoms with Crippen molar-refractivity contribution in [1.29, 1.82) is 0 Å². The number of carbonyl (C=O) groups excluding carboxylic acids is 1. The van der Waals surface area contributed by atoms with Gasteiger partial charge >= 0.3 is 5.97 Å². The van der Waals surface area contributed by atoms with Crippen molar-refractivity contribution >= 4 is 23.4 Å². The van der Waals surface area contributed by atoms with Gasteiger partial charge in [0.25, 0.3) is 0 Å². The number of rotatable bonds is 2. The van der Waals surface area contributed by atoms with Crippen LogP contribution in [-0.2, 0) is 9.53 Å². The van der Waals surface area contributed by atoms with Gasteiger partial charge < -0.3 is 9.64 Å². The lowest BCUT2D eigenvalue weighted by atomic mass is 10.3. The molecule has 3 nitrogen and oxygen atoms in total. The highest BCUT2D eigenvalue weighted by Gasteiger charge is 2.22. The summed E-state index contributed by atoms with van der Waals surface area (Å²) in [5.74, 6) is -0.290. The molecule has 1 aromatic carbocycles. The largest absolute Gasteiger partial charge is 0.460 e. The summed E-state index contributed by atoms with van der Waals surface area (Å²) in [5.41, 5.74) is 1.13. The monoisotopic (exact) mass is 249 g/mol. The van der Waals surface area contributed by atoms with Gasteiger partial charge in [0.1, 0.15) is 0 Å². The highest BCUT2D eigenvalue weighted by atomic mass is 32.2. The Balaban J connectivity index is 2.17. The fourth-order valence-electron chi connectivity index (χ4n) is 1.61. The SMILES string of the molecule is CC(C)OC(=O)/C=C1/Sc2ccccc2N1C. The Hall–Kier alpha value is -1.42. The molecule has 1 heterocycles. The molecule has 4 heteroatoms. The van der Waals surface area contributed by atoms with Gasteiger partial charge in [-0.15, -0.1) is 0 Å². The van der Waals surface area contributed by atoms with Crippen molar-refractivity contribution in [3.8, 4) is 0 Å². The average molecular weight is 249 g/mol. The summed E-state index contributed by atoms with van der Waals surface area (Å²) in [7, 11) is 1.95. The molecule has 90 valence electrons. The highest BCUT2D eigenvalue weighted by molar-refractivity contribution is 8.03.